The molecule has 1 rings (SSSR count). The molecule has 5 heteroatoms. The minimum absolute atomic E-state index is 0.0684. The van der Waals surface area contributed by atoms with Crippen LogP contribution >= 0.6 is 0 Å². The van der Waals surface area contributed by atoms with Gasteiger partial charge in [-0.05, 0) is 18.3 Å². The van der Waals surface area contributed by atoms with E-state index < -0.39 is 0 Å². The summed E-state index contributed by atoms with van der Waals surface area (Å²) in [5.41, 5.74) is 11.5. The van der Waals surface area contributed by atoms with Gasteiger partial charge in [-0.3, -0.25) is 4.90 Å². The number of nitrogens with zero attached hydrogens (tertiary/aromatic N) is 1. The van der Waals surface area contributed by atoms with Crippen LogP contribution in [0.2, 0.25) is 0 Å². The maximum absolute atomic E-state index is 6.07. The monoisotopic (exact) mass is 259 g/mol. The fourth-order valence-corrected chi connectivity index (χ4v) is 2.00. The van der Waals surface area contributed by atoms with Crippen molar-refractivity contribution in [2.75, 3.05) is 33.2 Å². The van der Waals surface area contributed by atoms with Crippen LogP contribution in [0.4, 0.5) is 0 Å². The van der Waals surface area contributed by atoms with Gasteiger partial charge in [0, 0.05) is 18.6 Å². The van der Waals surface area contributed by atoms with E-state index in [0.717, 1.165) is 13.0 Å². The standard InChI is InChI=1S/C13H29N3O2/c1-13(2,3)12(15)8-18-10-16-6-4-5-11(16)7-17-9-14/h11-12H,4-10,14-15H2,1-3H3/t11-,12+/m0/s1. The second kappa shape index (κ2) is 7.40. The number of rotatable bonds is 7. The number of hydrogen-bond donors (Lipinski definition) is 2. The topological polar surface area (TPSA) is 73.7 Å². The van der Waals surface area contributed by atoms with E-state index in [1.807, 2.05) is 0 Å². The van der Waals surface area contributed by atoms with E-state index >= 15 is 0 Å². The average molecular weight is 259 g/mol. The Morgan fingerprint density at radius 2 is 2.06 bits per heavy atom. The fourth-order valence-electron chi connectivity index (χ4n) is 2.00. The van der Waals surface area contributed by atoms with Crippen molar-refractivity contribution in [2.45, 2.75) is 45.7 Å². The first-order valence-electron chi connectivity index (χ1n) is 6.80. The summed E-state index contributed by atoms with van der Waals surface area (Å²) in [7, 11) is 0. The minimum atomic E-state index is 0.0684. The van der Waals surface area contributed by atoms with Gasteiger partial charge in [0.05, 0.1) is 26.7 Å². The molecule has 5 nitrogen and oxygen atoms in total. The summed E-state index contributed by atoms with van der Waals surface area (Å²) in [6.07, 6.45) is 2.36. The van der Waals surface area contributed by atoms with Crippen molar-refractivity contribution in [3.05, 3.63) is 0 Å². The largest absolute Gasteiger partial charge is 0.365 e. The van der Waals surface area contributed by atoms with Crippen molar-refractivity contribution >= 4 is 0 Å². The molecule has 0 spiro atoms. The van der Waals surface area contributed by atoms with E-state index in [4.69, 9.17) is 20.9 Å². The molecule has 0 aromatic heterocycles. The molecule has 108 valence electrons. The predicted molar refractivity (Wildman–Crippen MR) is 73.0 cm³/mol. The molecule has 0 unspecified atom stereocenters. The van der Waals surface area contributed by atoms with Crippen LogP contribution in [0.25, 0.3) is 0 Å². The van der Waals surface area contributed by atoms with E-state index in [0.29, 0.717) is 32.7 Å². The van der Waals surface area contributed by atoms with E-state index in [1.54, 1.807) is 0 Å². The Balaban J connectivity index is 2.22. The van der Waals surface area contributed by atoms with Gasteiger partial charge >= 0.3 is 0 Å². The normalized spacial score (nSPS) is 23.5. The van der Waals surface area contributed by atoms with Gasteiger partial charge in [0.1, 0.15) is 0 Å². The van der Waals surface area contributed by atoms with Gasteiger partial charge in [0.15, 0.2) is 0 Å². The lowest BCUT2D eigenvalue weighted by molar-refractivity contribution is -0.0156. The first-order chi connectivity index (χ1) is 8.45. The Labute approximate surface area is 111 Å². The Morgan fingerprint density at radius 3 is 2.67 bits per heavy atom. The van der Waals surface area contributed by atoms with Crippen LogP contribution in [0, 0.1) is 5.41 Å². The molecule has 0 aromatic rings. The summed E-state index contributed by atoms with van der Waals surface area (Å²) in [4.78, 5) is 2.31. The van der Waals surface area contributed by atoms with Gasteiger partial charge in [-0.2, -0.15) is 0 Å². The van der Waals surface area contributed by atoms with Crippen LogP contribution in [0.15, 0.2) is 0 Å². The van der Waals surface area contributed by atoms with Crippen LogP contribution in [-0.4, -0.2) is 50.2 Å². The number of likely N-dealkylation sites (tertiary alicyclic amines) is 1. The van der Waals surface area contributed by atoms with E-state index in [-0.39, 0.29) is 11.5 Å². The van der Waals surface area contributed by atoms with Crippen LogP contribution in [0.5, 0.6) is 0 Å². The van der Waals surface area contributed by atoms with Gasteiger partial charge in [-0.15, -0.1) is 0 Å². The van der Waals surface area contributed by atoms with Crippen molar-refractivity contribution in [2.24, 2.45) is 16.9 Å². The number of ether oxygens (including phenoxy) is 2. The van der Waals surface area contributed by atoms with E-state index in [9.17, 15) is 0 Å². The highest BCUT2D eigenvalue weighted by Crippen LogP contribution is 2.19. The third-order valence-electron chi connectivity index (χ3n) is 3.59. The molecule has 1 aliphatic rings. The summed E-state index contributed by atoms with van der Waals surface area (Å²) in [5, 5.41) is 0. The predicted octanol–water partition coefficient (Wildman–Crippen LogP) is 0.731. The smallest absolute Gasteiger partial charge is 0.0994 e. The second-order valence-corrected chi connectivity index (χ2v) is 6.12. The van der Waals surface area contributed by atoms with Crippen molar-refractivity contribution in [1.29, 1.82) is 0 Å². The van der Waals surface area contributed by atoms with Crippen molar-refractivity contribution in [3.8, 4) is 0 Å². The Morgan fingerprint density at radius 1 is 1.33 bits per heavy atom. The van der Waals surface area contributed by atoms with Crippen molar-refractivity contribution in [1.82, 2.24) is 4.90 Å². The highest BCUT2D eigenvalue weighted by molar-refractivity contribution is 4.78. The average Bonchev–Trinajstić information content (AvgIpc) is 2.72. The van der Waals surface area contributed by atoms with E-state index in [2.05, 4.69) is 25.7 Å². The first-order valence-corrected chi connectivity index (χ1v) is 6.80. The molecule has 1 heterocycles. The third-order valence-corrected chi connectivity index (χ3v) is 3.59. The molecular weight excluding hydrogens is 230 g/mol. The van der Waals surface area contributed by atoms with Gasteiger partial charge in [-0.1, -0.05) is 20.8 Å². The third kappa shape index (κ3) is 5.20. The van der Waals surface area contributed by atoms with E-state index in [1.165, 1.54) is 6.42 Å². The number of nitrogens with two attached hydrogens (primary N) is 2. The Kier molecular flexibility index (Phi) is 6.52. The quantitative estimate of drug-likeness (QED) is 0.659. The SMILES string of the molecule is CC(C)(C)[C@H](N)COCN1CCC[C@H]1COCN. The summed E-state index contributed by atoms with van der Waals surface area (Å²) in [5.74, 6) is 0. The lowest BCUT2D eigenvalue weighted by Crippen LogP contribution is -2.41. The highest BCUT2D eigenvalue weighted by atomic mass is 16.5. The van der Waals surface area contributed by atoms with Gasteiger partial charge < -0.3 is 20.9 Å². The second-order valence-electron chi connectivity index (χ2n) is 6.12. The zero-order valence-electron chi connectivity index (χ0n) is 12.0. The fraction of sp³-hybridized carbons (Fsp3) is 1.00. The molecule has 1 aliphatic heterocycles. The summed E-state index contributed by atoms with van der Waals surface area (Å²) in [6, 6.07) is 0.512. The minimum Gasteiger partial charge on any atom is -0.365 e. The van der Waals surface area contributed by atoms with Gasteiger partial charge in [0.2, 0.25) is 0 Å². The zero-order valence-corrected chi connectivity index (χ0v) is 12.0. The zero-order chi connectivity index (χ0) is 13.6. The molecule has 4 N–H and O–H groups in total. The molecule has 1 fully saturated rings. The Bertz CT molecular complexity index is 231. The summed E-state index contributed by atoms with van der Waals surface area (Å²) >= 11 is 0. The molecule has 0 amide bonds. The molecular formula is C13H29N3O2. The number of hydrogen-bond acceptors (Lipinski definition) is 5. The lowest BCUT2D eigenvalue weighted by Gasteiger charge is -2.29. The van der Waals surface area contributed by atoms with Crippen molar-refractivity contribution < 1.29 is 9.47 Å². The molecule has 0 aromatic carbocycles. The lowest BCUT2D eigenvalue weighted by atomic mass is 9.88. The maximum Gasteiger partial charge on any atom is 0.0994 e. The van der Waals surface area contributed by atoms with Gasteiger partial charge in [0.25, 0.3) is 0 Å². The van der Waals surface area contributed by atoms with Gasteiger partial charge in [-0.25, -0.2) is 0 Å². The highest BCUT2D eigenvalue weighted by Gasteiger charge is 2.25. The molecule has 0 aliphatic carbocycles. The Hall–Kier alpha value is -0.200. The molecule has 1 saturated heterocycles. The summed E-state index contributed by atoms with van der Waals surface area (Å²) in [6.45, 7) is 9.71. The first kappa shape index (κ1) is 15.9. The molecule has 0 radical (unpaired) electrons. The maximum atomic E-state index is 6.07. The summed E-state index contributed by atoms with van der Waals surface area (Å²) < 4.78 is 11.0. The van der Waals surface area contributed by atoms with Crippen LogP contribution in [0.3, 0.4) is 0 Å². The molecule has 0 saturated carbocycles. The van der Waals surface area contributed by atoms with Crippen LogP contribution in [-0.2, 0) is 9.47 Å². The van der Waals surface area contributed by atoms with Crippen LogP contribution < -0.4 is 11.5 Å². The molecule has 2 atom stereocenters. The van der Waals surface area contributed by atoms with Crippen molar-refractivity contribution in [3.63, 3.8) is 0 Å². The molecule has 18 heavy (non-hydrogen) atoms. The van der Waals surface area contributed by atoms with Crippen LogP contribution in [0.1, 0.15) is 33.6 Å². The molecule has 0 bridgehead atoms.